The zero-order chi connectivity index (χ0) is 20.8. The van der Waals surface area contributed by atoms with E-state index >= 15 is 0 Å². The van der Waals surface area contributed by atoms with E-state index in [4.69, 9.17) is 4.74 Å². The van der Waals surface area contributed by atoms with Crippen LogP contribution in [0.1, 0.15) is 11.1 Å². The van der Waals surface area contributed by atoms with Crippen molar-refractivity contribution in [2.45, 2.75) is 17.9 Å². The molecule has 2 aromatic carbocycles. The minimum absolute atomic E-state index is 0.0729. The number of nitrogens with one attached hydrogen (secondary N) is 1. The number of ketones is 1. The van der Waals surface area contributed by atoms with Crippen LogP contribution >= 0.6 is 0 Å². The van der Waals surface area contributed by atoms with Crippen molar-refractivity contribution in [2.75, 3.05) is 13.2 Å². The number of epoxide rings is 1. The van der Waals surface area contributed by atoms with Gasteiger partial charge in [-0.1, -0.05) is 29.8 Å². The summed E-state index contributed by atoms with van der Waals surface area (Å²) in [6.45, 7) is 1.96. The fourth-order valence-electron chi connectivity index (χ4n) is 3.04. The van der Waals surface area contributed by atoms with Gasteiger partial charge in [0.2, 0.25) is 5.78 Å². The van der Waals surface area contributed by atoms with Crippen molar-refractivity contribution >= 4 is 27.1 Å². The van der Waals surface area contributed by atoms with Crippen molar-refractivity contribution in [3.05, 3.63) is 75.5 Å². The van der Waals surface area contributed by atoms with Crippen LogP contribution in [0.4, 0.5) is 5.69 Å². The van der Waals surface area contributed by atoms with Gasteiger partial charge in [-0.15, -0.1) is 4.41 Å². The minimum Gasteiger partial charge on any atom is -0.364 e. The third-order valence-corrected chi connectivity index (χ3v) is 6.40. The number of Topliss-reactive ketones (excluding diaryl/α,β-unsaturated/α-hetero) is 1. The predicted octanol–water partition coefficient (Wildman–Crippen LogP) is 1.79. The van der Waals surface area contributed by atoms with Gasteiger partial charge in [-0.05, 0) is 24.6 Å². The summed E-state index contributed by atoms with van der Waals surface area (Å²) in [4.78, 5) is 23.3. The van der Waals surface area contributed by atoms with Crippen LogP contribution in [0.5, 0.6) is 0 Å². The van der Waals surface area contributed by atoms with Crippen LogP contribution in [0.15, 0.2) is 59.1 Å². The molecule has 4 rings (SSSR count). The van der Waals surface area contributed by atoms with Gasteiger partial charge in [0.1, 0.15) is 11.8 Å². The van der Waals surface area contributed by atoms with Gasteiger partial charge in [0.25, 0.3) is 15.7 Å². The quantitative estimate of drug-likeness (QED) is 0.433. The molecule has 2 heterocycles. The number of carbonyl (C=O) groups excluding carboxylic acids is 1. The normalized spacial score (nSPS) is 19.1. The van der Waals surface area contributed by atoms with Crippen LogP contribution in [-0.4, -0.2) is 42.8 Å². The highest BCUT2D eigenvalue weighted by atomic mass is 32.2. The summed E-state index contributed by atoms with van der Waals surface area (Å²) in [5.41, 5.74) is 4.29. The van der Waals surface area contributed by atoms with Crippen molar-refractivity contribution < 1.29 is 22.9 Å². The largest absolute Gasteiger partial charge is 0.364 e. The van der Waals surface area contributed by atoms with E-state index in [2.05, 4.69) is 5.43 Å². The number of aryl methyl sites for hydroxylation is 1. The molecule has 0 saturated carbocycles. The van der Waals surface area contributed by atoms with Gasteiger partial charge in [0.15, 0.2) is 0 Å². The van der Waals surface area contributed by atoms with E-state index in [0.29, 0.717) is 11.1 Å². The molecule has 10 heteroatoms. The first-order valence-electron chi connectivity index (χ1n) is 8.77. The van der Waals surface area contributed by atoms with Crippen LogP contribution in [0, 0.1) is 17.0 Å². The topological polar surface area (TPSA) is 122 Å². The molecule has 0 aromatic heterocycles. The zero-order valence-electron chi connectivity index (χ0n) is 15.4. The zero-order valence-corrected chi connectivity index (χ0v) is 16.2. The van der Waals surface area contributed by atoms with Crippen LogP contribution in [0.2, 0.25) is 0 Å². The maximum atomic E-state index is 13.0. The number of rotatable bonds is 6. The molecule has 0 radical (unpaired) electrons. The number of nitro groups is 1. The number of ether oxygens (including phenoxy) is 1. The number of hydrazine groups is 1. The molecule has 0 bridgehead atoms. The van der Waals surface area contributed by atoms with Gasteiger partial charge >= 0.3 is 0 Å². The molecule has 2 aromatic rings. The SMILES string of the molecule is Cc1ccc(S(=O)(=O)N2CC(c3cccc([N+](=O)[O-])c3)=C(C(=O)[C@@H]3CO3)N2)cc1. The van der Waals surface area contributed by atoms with E-state index in [1.165, 1.54) is 30.3 Å². The van der Waals surface area contributed by atoms with Gasteiger partial charge in [-0.25, -0.2) is 8.42 Å². The van der Waals surface area contributed by atoms with Crippen LogP contribution in [0.3, 0.4) is 0 Å². The maximum absolute atomic E-state index is 13.0. The Balaban J connectivity index is 1.72. The van der Waals surface area contributed by atoms with Gasteiger partial charge in [-0.3, -0.25) is 14.9 Å². The van der Waals surface area contributed by atoms with Crippen molar-refractivity contribution in [3.8, 4) is 0 Å². The molecule has 0 aliphatic carbocycles. The minimum atomic E-state index is -3.94. The molecule has 29 heavy (non-hydrogen) atoms. The molecular weight excluding hydrogens is 398 g/mol. The van der Waals surface area contributed by atoms with Crippen LogP contribution in [0.25, 0.3) is 5.57 Å². The van der Waals surface area contributed by atoms with Crippen molar-refractivity contribution in [2.24, 2.45) is 0 Å². The van der Waals surface area contributed by atoms with Gasteiger partial charge in [-0.2, -0.15) is 0 Å². The summed E-state index contributed by atoms with van der Waals surface area (Å²) >= 11 is 0. The molecule has 1 saturated heterocycles. The molecule has 9 nitrogen and oxygen atoms in total. The number of hydrogen-bond acceptors (Lipinski definition) is 7. The van der Waals surface area contributed by atoms with Crippen molar-refractivity contribution in [1.29, 1.82) is 0 Å². The fraction of sp³-hybridized carbons (Fsp3) is 0.211. The summed E-state index contributed by atoms with van der Waals surface area (Å²) in [6, 6.07) is 12.1. The highest BCUT2D eigenvalue weighted by Gasteiger charge is 2.41. The second-order valence-electron chi connectivity index (χ2n) is 6.78. The lowest BCUT2D eigenvalue weighted by molar-refractivity contribution is -0.384. The van der Waals surface area contributed by atoms with E-state index < -0.39 is 21.1 Å². The highest BCUT2D eigenvalue weighted by Crippen LogP contribution is 2.32. The second-order valence-corrected chi connectivity index (χ2v) is 8.65. The van der Waals surface area contributed by atoms with Crippen molar-refractivity contribution in [1.82, 2.24) is 9.84 Å². The smallest absolute Gasteiger partial charge is 0.270 e. The Labute approximate surface area is 166 Å². The molecule has 0 spiro atoms. The Morgan fingerprint density at radius 2 is 1.93 bits per heavy atom. The lowest BCUT2D eigenvalue weighted by Crippen LogP contribution is -2.39. The third kappa shape index (κ3) is 3.65. The molecule has 0 amide bonds. The van der Waals surface area contributed by atoms with E-state index in [-0.39, 0.29) is 35.2 Å². The number of benzene rings is 2. The summed E-state index contributed by atoms with van der Waals surface area (Å²) in [7, 11) is -3.94. The molecule has 150 valence electrons. The Hall–Kier alpha value is -3.08. The number of non-ortho nitro benzene ring substituents is 1. The number of hydrogen-bond donors (Lipinski definition) is 1. The molecule has 2 aliphatic rings. The van der Waals surface area contributed by atoms with E-state index in [9.17, 15) is 23.3 Å². The molecular formula is C19H17N3O6S. The average Bonchev–Trinajstić information content (AvgIpc) is 3.45. The van der Waals surface area contributed by atoms with E-state index in [0.717, 1.165) is 9.98 Å². The Kier molecular flexibility index (Phi) is 4.69. The van der Waals surface area contributed by atoms with Gasteiger partial charge in [0, 0.05) is 17.7 Å². The summed E-state index contributed by atoms with van der Waals surface area (Å²) in [5, 5.41) is 11.1. The van der Waals surface area contributed by atoms with E-state index in [1.54, 1.807) is 18.2 Å². The first kappa shape index (κ1) is 19.2. The first-order valence-corrected chi connectivity index (χ1v) is 10.2. The monoisotopic (exact) mass is 415 g/mol. The first-order chi connectivity index (χ1) is 13.8. The number of nitro benzene ring substituents is 1. The average molecular weight is 415 g/mol. The Morgan fingerprint density at radius 3 is 2.55 bits per heavy atom. The third-order valence-electron chi connectivity index (χ3n) is 4.73. The highest BCUT2D eigenvalue weighted by molar-refractivity contribution is 7.89. The standard InChI is InChI=1S/C19H17N3O6S/c1-12-5-7-15(8-6-12)29(26,27)21-10-16(18(20-21)19(23)17-11-28-17)13-3-2-4-14(9-13)22(24)25/h2-9,17,20H,10-11H2,1H3/t17-/m0/s1. The molecule has 0 unspecified atom stereocenters. The van der Waals surface area contributed by atoms with Crippen LogP contribution in [-0.2, 0) is 19.6 Å². The van der Waals surface area contributed by atoms with Crippen molar-refractivity contribution in [3.63, 3.8) is 0 Å². The maximum Gasteiger partial charge on any atom is 0.270 e. The molecule has 2 aliphatic heterocycles. The Bertz CT molecular complexity index is 1140. The number of sulfonamides is 1. The van der Waals surface area contributed by atoms with Crippen LogP contribution < -0.4 is 5.43 Å². The number of carbonyl (C=O) groups is 1. The number of nitrogens with zero attached hydrogens (tertiary/aromatic N) is 2. The summed E-state index contributed by atoms with van der Waals surface area (Å²) in [5.74, 6) is -0.381. The second kappa shape index (κ2) is 7.07. The Morgan fingerprint density at radius 1 is 1.24 bits per heavy atom. The summed E-state index contributed by atoms with van der Waals surface area (Å²) < 4.78 is 32.1. The lowest BCUT2D eigenvalue weighted by Gasteiger charge is -2.18. The molecule has 1 atom stereocenters. The lowest BCUT2D eigenvalue weighted by atomic mass is 10.0. The molecule has 1 fully saturated rings. The molecule has 1 N–H and O–H groups in total. The summed E-state index contributed by atoms with van der Waals surface area (Å²) in [6.07, 6.45) is -0.631. The predicted molar refractivity (Wildman–Crippen MR) is 103 cm³/mol. The fourth-order valence-corrected chi connectivity index (χ4v) is 4.29. The van der Waals surface area contributed by atoms with E-state index in [1.807, 2.05) is 6.92 Å². The van der Waals surface area contributed by atoms with Gasteiger partial charge in [0.05, 0.1) is 23.0 Å². The van der Waals surface area contributed by atoms with Gasteiger partial charge < -0.3 is 10.2 Å².